The van der Waals surface area contributed by atoms with Crippen LogP contribution in [0.15, 0.2) is 76.1 Å². The van der Waals surface area contributed by atoms with Crippen molar-refractivity contribution in [3.8, 4) is 11.5 Å². The molecule has 1 aliphatic rings. The molecule has 0 spiro atoms. The van der Waals surface area contributed by atoms with Crippen molar-refractivity contribution >= 4 is 68.1 Å². The number of imide groups is 1. The van der Waals surface area contributed by atoms with E-state index >= 15 is 0 Å². The Labute approximate surface area is 244 Å². The van der Waals surface area contributed by atoms with Gasteiger partial charge in [0.15, 0.2) is 6.61 Å². The molecule has 0 bridgehead atoms. The van der Waals surface area contributed by atoms with E-state index in [1.165, 1.54) is 0 Å². The summed E-state index contributed by atoms with van der Waals surface area (Å²) in [5.41, 5.74) is 2.92. The molecule has 0 aliphatic carbocycles. The van der Waals surface area contributed by atoms with Crippen molar-refractivity contribution in [1.82, 2.24) is 4.90 Å². The summed E-state index contributed by atoms with van der Waals surface area (Å²) in [6, 6.07) is 19.3. The molecule has 0 unspecified atom stereocenters. The second kappa shape index (κ2) is 13.3. The van der Waals surface area contributed by atoms with E-state index in [4.69, 9.17) is 9.47 Å². The number of amides is 4. The van der Waals surface area contributed by atoms with Crippen molar-refractivity contribution in [2.45, 2.75) is 13.8 Å². The lowest BCUT2D eigenvalue weighted by Crippen LogP contribution is -2.36. The Kier molecular flexibility index (Phi) is 9.62. The molecule has 3 aromatic carbocycles. The normalized spacial score (nSPS) is 13.9. The number of anilines is 2. The quantitative estimate of drug-likeness (QED) is 0.272. The summed E-state index contributed by atoms with van der Waals surface area (Å²) >= 11 is 4.18. The van der Waals surface area contributed by atoms with Gasteiger partial charge in [0.25, 0.3) is 17.1 Å². The Morgan fingerprint density at radius 1 is 0.925 bits per heavy atom. The number of thioether (sulfide) groups is 1. The molecule has 0 atom stereocenters. The van der Waals surface area contributed by atoms with Crippen LogP contribution >= 0.6 is 27.7 Å². The number of nitrogens with zero attached hydrogens (tertiary/aromatic N) is 1. The van der Waals surface area contributed by atoms with Crippen LogP contribution in [0.5, 0.6) is 11.5 Å². The first kappa shape index (κ1) is 28.9. The maximum absolute atomic E-state index is 12.9. The highest BCUT2D eigenvalue weighted by atomic mass is 79.9. The number of carbonyl (C=O) groups is 4. The minimum absolute atomic E-state index is 0.191. The maximum atomic E-state index is 12.9. The molecule has 1 heterocycles. The highest BCUT2D eigenvalue weighted by Crippen LogP contribution is 2.34. The van der Waals surface area contributed by atoms with E-state index < -0.39 is 23.6 Å². The van der Waals surface area contributed by atoms with Gasteiger partial charge in [0.2, 0.25) is 5.91 Å². The molecular formula is C29H26BrN3O6S. The average molecular weight is 625 g/mol. The van der Waals surface area contributed by atoms with Crippen molar-refractivity contribution in [2.75, 3.05) is 30.4 Å². The summed E-state index contributed by atoms with van der Waals surface area (Å²) in [7, 11) is 0. The Hall–Kier alpha value is -4.09. The van der Waals surface area contributed by atoms with E-state index in [2.05, 4.69) is 26.6 Å². The molecule has 11 heteroatoms. The summed E-state index contributed by atoms with van der Waals surface area (Å²) in [6.45, 7) is 3.77. The van der Waals surface area contributed by atoms with Crippen LogP contribution in [-0.4, -0.2) is 47.6 Å². The van der Waals surface area contributed by atoms with Gasteiger partial charge in [-0.3, -0.25) is 24.1 Å². The lowest BCUT2D eigenvalue weighted by atomic mass is 10.2. The third-order valence-electron chi connectivity index (χ3n) is 5.57. The van der Waals surface area contributed by atoms with Crippen molar-refractivity contribution in [2.24, 2.45) is 0 Å². The van der Waals surface area contributed by atoms with Gasteiger partial charge in [0.1, 0.15) is 18.0 Å². The van der Waals surface area contributed by atoms with E-state index in [1.54, 1.807) is 48.5 Å². The first-order valence-corrected chi connectivity index (χ1v) is 13.9. The van der Waals surface area contributed by atoms with Crippen LogP contribution in [0, 0.1) is 6.92 Å². The number of aryl methyl sites for hydroxylation is 1. The predicted molar refractivity (Wildman–Crippen MR) is 158 cm³/mol. The highest BCUT2D eigenvalue weighted by Gasteiger charge is 2.36. The molecule has 2 N–H and O–H groups in total. The molecular weight excluding hydrogens is 598 g/mol. The van der Waals surface area contributed by atoms with E-state index in [9.17, 15) is 19.2 Å². The molecule has 0 aromatic heterocycles. The molecule has 4 amide bonds. The number of nitrogens with one attached hydrogen (secondary N) is 2. The Morgan fingerprint density at radius 3 is 2.23 bits per heavy atom. The summed E-state index contributed by atoms with van der Waals surface area (Å²) < 4.78 is 11.6. The lowest BCUT2D eigenvalue weighted by molar-refractivity contribution is -0.127. The summed E-state index contributed by atoms with van der Waals surface area (Å²) in [5.74, 6) is -0.244. The SMILES string of the molecule is CCOc1ccc(NC(=O)CN2C(=O)S/C(=C/c3ccc(OCC(=O)Nc4ccc(C)cc4)c(Br)c3)C2=O)cc1. The third kappa shape index (κ3) is 7.73. The fraction of sp³-hybridized carbons (Fsp3) is 0.172. The van der Waals surface area contributed by atoms with Gasteiger partial charge in [-0.15, -0.1) is 0 Å². The van der Waals surface area contributed by atoms with Gasteiger partial charge in [0.05, 0.1) is 16.0 Å². The van der Waals surface area contributed by atoms with Crippen LogP contribution in [0.3, 0.4) is 0 Å². The molecule has 1 aliphatic heterocycles. The second-order valence-corrected chi connectivity index (χ2v) is 10.5. The van der Waals surface area contributed by atoms with E-state index in [1.807, 2.05) is 38.1 Å². The molecule has 1 saturated heterocycles. The van der Waals surface area contributed by atoms with Gasteiger partial charge in [-0.1, -0.05) is 23.8 Å². The lowest BCUT2D eigenvalue weighted by Gasteiger charge is -2.13. The topological polar surface area (TPSA) is 114 Å². The van der Waals surface area contributed by atoms with Gasteiger partial charge < -0.3 is 20.1 Å². The molecule has 9 nitrogen and oxygen atoms in total. The van der Waals surface area contributed by atoms with Gasteiger partial charge in [-0.25, -0.2) is 0 Å². The average Bonchev–Trinajstić information content (AvgIpc) is 3.18. The molecule has 40 heavy (non-hydrogen) atoms. The minimum atomic E-state index is -0.555. The number of halogens is 1. The third-order valence-corrected chi connectivity index (χ3v) is 7.10. The second-order valence-electron chi connectivity index (χ2n) is 8.67. The molecule has 1 fully saturated rings. The van der Waals surface area contributed by atoms with Crippen LogP contribution in [0.25, 0.3) is 6.08 Å². The van der Waals surface area contributed by atoms with Crippen molar-refractivity contribution in [3.05, 3.63) is 87.2 Å². The number of carbonyl (C=O) groups excluding carboxylic acids is 4. The number of hydrogen-bond donors (Lipinski definition) is 2. The fourth-order valence-electron chi connectivity index (χ4n) is 3.63. The summed E-state index contributed by atoms with van der Waals surface area (Å²) in [5, 5.41) is 4.91. The van der Waals surface area contributed by atoms with Crippen LogP contribution in [0.1, 0.15) is 18.1 Å². The number of ether oxygens (including phenoxy) is 2. The monoisotopic (exact) mass is 623 g/mol. The number of rotatable bonds is 10. The first-order chi connectivity index (χ1) is 19.2. The maximum Gasteiger partial charge on any atom is 0.294 e. The van der Waals surface area contributed by atoms with E-state index in [0.29, 0.717) is 39.5 Å². The Bertz CT molecular complexity index is 1460. The molecule has 4 rings (SSSR count). The number of benzene rings is 3. The standard InChI is InChI=1S/C29H26BrN3O6S/c1-3-38-22-11-9-21(10-12-22)31-26(34)16-33-28(36)25(40-29(33)37)15-19-6-13-24(23(30)14-19)39-17-27(35)32-20-7-4-18(2)5-8-20/h4-15H,3,16-17H2,1-2H3,(H,31,34)(H,32,35)/b25-15+. The van der Waals surface area contributed by atoms with Crippen molar-refractivity contribution < 1.29 is 28.7 Å². The zero-order chi connectivity index (χ0) is 28.6. The summed E-state index contributed by atoms with van der Waals surface area (Å²) in [6.07, 6.45) is 1.56. The van der Waals surface area contributed by atoms with Gasteiger partial charge in [-0.2, -0.15) is 0 Å². The van der Waals surface area contributed by atoms with E-state index in [-0.39, 0.29) is 17.4 Å². The smallest absolute Gasteiger partial charge is 0.294 e. The fourth-order valence-corrected chi connectivity index (χ4v) is 4.98. The predicted octanol–water partition coefficient (Wildman–Crippen LogP) is 5.85. The van der Waals surface area contributed by atoms with Crippen molar-refractivity contribution in [1.29, 1.82) is 0 Å². The van der Waals surface area contributed by atoms with Crippen LogP contribution in [0.4, 0.5) is 16.2 Å². The van der Waals surface area contributed by atoms with Crippen LogP contribution < -0.4 is 20.1 Å². The Morgan fingerprint density at radius 2 is 1.57 bits per heavy atom. The molecule has 206 valence electrons. The summed E-state index contributed by atoms with van der Waals surface area (Å²) in [4.78, 5) is 51.1. The zero-order valence-electron chi connectivity index (χ0n) is 21.7. The van der Waals surface area contributed by atoms with Gasteiger partial charge in [0, 0.05) is 11.4 Å². The first-order valence-electron chi connectivity index (χ1n) is 12.3. The molecule has 0 radical (unpaired) electrons. The van der Waals surface area contributed by atoms with Crippen molar-refractivity contribution in [3.63, 3.8) is 0 Å². The Balaban J connectivity index is 1.32. The molecule has 0 saturated carbocycles. The zero-order valence-corrected chi connectivity index (χ0v) is 24.1. The highest BCUT2D eigenvalue weighted by molar-refractivity contribution is 9.10. The minimum Gasteiger partial charge on any atom is -0.494 e. The van der Waals surface area contributed by atoms with Gasteiger partial charge in [-0.05, 0) is 102 Å². The van der Waals surface area contributed by atoms with E-state index in [0.717, 1.165) is 22.2 Å². The molecule has 3 aromatic rings. The van der Waals surface area contributed by atoms with Crippen LogP contribution in [0.2, 0.25) is 0 Å². The van der Waals surface area contributed by atoms with Gasteiger partial charge >= 0.3 is 0 Å². The van der Waals surface area contributed by atoms with Crippen LogP contribution in [-0.2, 0) is 14.4 Å². The largest absolute Gasteiger partial charge is 0.494 e. The number of hydrogen-bond acceptors (Lipinski definition) is 7.